The van der Waals surface area contributed by atoms with Crippen molar-refractivity contribution in [2.24, 2.45) is 0 Å². The van der Waals surface area contributed by atoms with Crippen molar-refractivity contribution in [2.45, 2.75) is 6.92 Å². The van der Waals surface area contributed by atoms with Crippen LogP contribution in [0.5, 0.6) is 0 Å². The summed E-state index contributed by atoms with van der Waals surface area (Å²) in [6.45, 7) is 7.51. The van der Waals surface area contributed by atoms with Crippen molar-refractivity contribution in [1.82, 2.24) is 4.90 Å². The Kier molecular flexibility index (Phi) is 4.02. The Morgan fingerprint density at radius 3 is 2.53 bits per heavy atom. The molecule has 0 unspecified atom stereocenters. The second-order valence-electron chi connectivity index (χ2n) is 4.24. The summed E-state index contributed by atoms with van der Waals surface area (Å²) in [5, 5.41) is 0.537. The fourth-order valence-electron chi connectivity index (χ4n) is 2.13. The molecular formula is C13H17ClN2O. The predicted octanol–water partition coefficient (Wildman–Crippen LogP) is 2.29. The van der Waals surface area contributed by atoms with Gasteiger partial charge in [-0.15, -0.1) is 0 Å². The van der Waals surface area contributed by atoms with Gasteiger partial charge in [0.05, 0.1) is 5.02 Å². The number of rotatable bonds is 3. The van der Waals surface area contributed by atoms with E-state index < -0.39 is 0 Å². The Morgan fingerprint density at radius 1 is 1.29 bits per heavy atom. The van der Waals surface area contributed by atoms with Gasteiger partial charge in [-0.2, -0.15) is 0 Å². The first-order valence-corrected chi connectivity index (χ1v) is 6.34. The molecule has 2 rings (SSSR count). The van der Waals surface area contributed by atoms with Crippen molar-refractivity contribution in [3.8, 4) is 0 Å². The average molecular weight is 253 g/mol. The van der Waals surface area contributed by atoms with Crippen LogP contribution in [0.25, 0.3) is 0 Å². The van der Waals surface area contributed by atoms with Crippen molar-refractivity contribution in [3.05, 3.63) is 28.8 Å². The summed E-state index contributed by atoms with van der Waals surface area (Å²) in [4.78, 5) is 15.4. The number of halogens is 1. The molecule has 0 spiro atoms. The molecule has 17 heavy (non-hydrogen) atoms. The molecular weight excluding hydrogens is 236 g/mol. The van der Waals surface area contributed by atoms with Crippen molar-refractivity contribution in [3.63, 3.8) is 0 Å². The van der Waals surface area contributed by atoms with Crippen molar-refractivity contribution in [1.29, 1.82) is 0 Å². The fraction of sp³-hybridized carbons (Fsp3) is 0.462. The van der Waals surface area contributed by atoms with Gasteiger partial charge in [0.1, 0.15) is 0 Å². The first-order valence-electron chi connectivity index (χ1n) is 5.96. The van der Waals surface area contributed by atoms with Gasteiger partial charge in [0, 0.05) is 37.4 Å². The minimum Gasteiger partial charge on any atom is -0.369 e. The molecule has 1 aliphatic heterocycles. The Bertz CT molecular complexity index is 400. The summed E-state index contributed by atoms with van der Waals surface area (Å²) in [7, 11) is 0. The molecule has 0 saturated carbocycles. The van der Waals surface area contributed by atoms with Crippen LogP contribution in [0, 0.1) is 0 Å². The van der Waals surface area contributed by atoms with Gasteiger partial charge in [-0.3, -0.25) is 4.79 Å². The number of carbonyl (C=O) groups excluding carboxylic acids is 1. The number of anilines is 1. The number of aldehydes is 1. The lowest BCUT2D eigenvalue weighted by Gasteiger charge is -2.35. The van der Waals surface area contributed by atoms with Crippen molar-refractivity contribution in [2.75, 3.05) is 37.6 Å². The van der Waals surface area contributed by atoms with Crippen LogP contribution in [0.4, 0.5) is 5.69 Å². The molecule has 0 atom stereocenters. The highest BCUT2D eigenvalue weighted by Gasteiger charge is 2.16. The van der Waals surface area contributed by atoms with E-state index in [9.17, 15) is 4.79 Å². The maximum atomic E-state index is 10.7. The zero-order valence-electron chi connectivity index (χ0n) is 10.0. The second-order valence-corrected chi connectivity index (χ2v) is 4.65. The molecule has 1 aliphatic rings. The largest absolute Gasteiger partial charge is 0.369 e. The van der Waals surface area contributed by atoms with Crippen LogP contribution in [-0.4, -0.2) is 43.9 Å². The minimum atomic E-state index is 0.537. The van der Waals surface area contributed by atoms with Crippen LogP contribution < -0.4 is 4.90 Å². The lowest BCUT2D eigenvalue weighted by Crippen LogP contribution is -2.46. The number of hydrogen-bond acceptors (Lipinski definition) is 3. The second kappa shape index (κ2) is 5.52. The maximum Gasteiger partial charge on any atom is 0.151 e. The highest BCUT2D eigenvalue weighted by atomic mass is 35.5. The Labute approximate surface area is 107 Å². The summed E-state index contributed by atoms with van der Waals surface area (Å²) < 4.78 is 0. The fourth-order valence-corrected chi connectivity index (χ4v) is 2.35. The van der Waals surface area contributed by atoms with Gasteiger partial charge in [0.2, 0.25) is 0 Å². The molecule has 0 radical (unpaired) electrons. The number of piperazine rings is 1. The molecule has 1 fully saturated rings. The molecule has 3 nitrogen and oxygen atoms in total. The van der Waals surface area contributed by atoms with Gasteiger partial charge in [-0.05, 0) is 24.7 Å². The normalized spacial score (nSPS) is 17.2. The smallest absolute Gasteiger partial charge is 0.151 e. The lowest BCUT2D eigenvalue weighted by molar-refractivity contribution is 0.112. The predicted molar refractivity (Wildman–Crippen MR) is 71.2 cm³/mol. The van der Waals surface area contributed by atoms with Gasteiger partial charge >= 0.3 is 0 Å². The Balaban J connectivity index is 2.08. The van der Waals surface area contributed by atoms with E-state index in [-0.39, 0.29) is 0 Å². The lowest BCUT2D eigenvalue weighted by atomic mass is 10.2. The zero-order valence-corrected chi connectivity index (χ0v) is 10.8. The first kappa shape index (κ1) is 12.4. The highest BCUT2D eigenvalue weighted by Crippen LogP contribution is 2.23. The Hall–Kier alpha value is -1.06. The number of nitrogens with zero attached hydrogens (tertiary/aromatic N) is 2. The average Bonchev–Trinajstić information content (AvgIpc) is 2.39. The molecule has 4 heteroatoms. The highest BCUT2D eigenvalue weighted by molar-refractivity contribution is 6.33. The van der Waals surface area contributed by atoms with E-state index >= 15 is 0 Å². The molecule has 1 heterocycles. The van der Waals surface area contributed by atoms with Crippen LogP contribution in [0.3, 0.4) is 0 Å². The zero-order chi connectivity index (χ0) is 12.3. The van der Waals surface area contributed by atoms with E-state index in [1.165, 1.54) is 0 Å². The van der Waals surface area contributed by atoms with Crippen LogP contribution in [-0.2, 0) is 0 Å². The topological polar surface area (TPSA) is 23.6 Å². The van der Waals surface area contributed by atoms with Crippen molar-refractivity contribution < 1.29 is 4.79 Å². The van der Waals surface area contributed by atoms with Gasteiger partial charge < -0.3 is 9.80 Å². The van der Waals surface area contributed by atoms with E-state index in [1.807, 2.05) is 12.1 Å². The third-order valence-corrected chi connectivity index (χ3v) is 3.62. The monoisotopic (exact) mass is 252 g/mol. The number of benzene rings is 1. The molecule has 1 saturated heterocycles. The molecule has 0 amide bonds. The van der Waals surface area contributed by atoms with Crippen molar-refractivity contribution >= 4 is 23.6 Å². The van der Waals surface area contributed by atoms with E-state index in [2.05, 4.69) is 16.7 Å². The molecule has 0 N–H and O–H groups in total. The van der Waals surface area contributed by atoms with Crippen LogP contribution in [0.1, 0.15) is 17.3 Å². The van der Waals surface area contributed by atoms with E-state index in [0.29, 0.717) is 10.6 Å². The van der Waals surface area contributed by atoms with E-state index in [4.69, 9.17) is 11.6 Å². The summed E-state index contributed by atoms with van der Waals surface area (Å²) in [5.41, 5.74) is 1.67. The maximum absolute atomic E-state index is 10.7. The number of hydrogen-bond donors (Lipinski definition) is 0. The molecule has 1 aromatic rings. The molecule has 1 aromatic carbocycles. The quantitative estimate of drug-likeness (QED) is 0.772. The minimum absolute atomic E-state index is 0.537. The summed E-state index contributed by atoms with van der Waals surface area (Å²) in [5.74, 6) is 0. The van der Waals surface area contributed by atoms with E-state index in [1.54, 1.807) is 6.07 Å². The molecule has 92 valence electrons. The summed E-state index contributed by atoms with van der Waals surface area (Å²) >= 11 is 6.04. The van der Waals surface area contributed by atoms with E-state index in [0.717, 1.165) is 44.7 Å². The molecule has 0 aliphatic carbocycles. The van der Waals surface area contributed by atoms with Crippen LogP contribution in [0.2, 0.25) is 5.02 Å². The van der Waals surface area contributed by atoms with Crippen LogP contribution >= 0.6 is 11.6 Å². The van der Waals surface area contributed by atoms with Gasteiger partial charge in [-0.1, -0.05) is 18.5 Å². The molecule has 0 aromatic heterocycles. The van der Waals surface area contributed by atoms with Gasteiger partial charge in [0.15, 0.2) is 6.29 Å². The molecule has 0 bridgehead atoms. The van der Waals surface area contributed by atoms with Gasteiger partial charge in [0.25, 0.3) is 0 Å². The summed E-state index contributed by atoms with van der Waals surface area (Å²) in [6.07, 6.45) is 0.793. The Morgan fingerprint density at radius 2 is 2.00 bits per heavy atom. The summed E-state index contributed by atoms with van der Waals surface area (Å²) in [6, 6.07) is 5.64. The third-order valence-electron chi connectivity index (χ3n) is 3.30. The SMILES string of the molecule is CCN1CCN(c2ccc(C=O)c(Cl)c2)CC1. The number of carbonyl (C=O) groups is 1. The van der Waals surface area contributed by atoms with Crippen LogP contribution in [0.15, 0.2) is 18.2 Å². The number of likely N-dealkylation sites (N-methyl/N-ethyl adjacent to an activating group) is 1. The first-order chi connectivity index (χ1) is 8.24. The standard InChI is InChI=1S/C13H17ClN2O/c1-2-15-5-7-16(8-6-15)12-4-3-11(10-17)13(14)9-12/h3-4,9-10H,2,5-8H2,1H3. The third kappa shape index (κ3) is 2.79. The van der Waals surface area contributed by atoms with Gasteiger partial charge in [-0.25, -0.2) is 0 Å².